The van der Waals surface area contributed by atoms with E-state index in [9.17, 15) is 4.79 Å². The maximum Gasteiger partial charge on any atom is 0.316 e. The van der Waals surface area contributed by atoms with Gasteiger partial charge in [-0.05, 0) is 26.0 Å². The van der Waals surface area contributed by atoms with Crippen molar-refractivity contribution in [3.8, 4) is 0 Å². The normalized spacial score (nSPS) is 10.5. The molecule has 0 heterocycles. The molecule has 5 heteroatoms. The Labute approximate surface area is 104 Å². The number of esters is 1. The number of nitrogen functional groups attached to an aromatic ring is 1. The predicted octanol–water partition coefficient (Wildman–Crippen LogP) is 2.97. The molecule has 0 saturated carbocycles. The molecule has 0 unspecified atom stereocenters. The van der Waals surface area contributed by atoms with Gasteiger partial charge in [-0.15, -0.1) is 11.8 Å². The summed E-state index contributed by atoms with van der Waals surface area (Å²) in [5.74, 6) is -0.0501. The van der Waals surface area contributed by atoms with Crippen LogP contribution in [-0.4, -0.2) is 17.8 Å². The highest BCUT2D eigenvalue weighted by Crippen LogP contribution is 2.32. The minimum absolute atomic E-state index is 0.100. The van der Waals surface area contributed by atoms with Gasteiger partial charge in [0.05, 0.1) is 16.9 Å². The Morgan fingerprint density at radius 1 is 1.56 bits per heavy atom. The van der Waals surface area contributed by atoms with E-state index in [1.807, 2.05) is 13.8 Å². The van der Waals surface area contributed by atoms with Crippen LogP contribution in [0.5, 0.6) is 0 Å². The summed E-state index contributed by atoms with van der Waals surface area (Å²) in [6.45, 7) is 3.62. The van der Waals surface area contributed by atoms with Crippen molar-refractivity contribution in [2.45, 2.75) is 24.8 Å². The molecular weight excluding hydrogens is 246 g/mol. The predicted molar refractivity (Wildman–Crippen MR) is 67.8 cm³/mol. The number of thioether (sulfide) groups is 1. The fourth-order valence-electron chi connectivity index (χ4n) is 1.11. The molecule has 0 amide bonds. The Morgan fingerprint density at radius 2 is 2.25 bits per heavy atom. The van der Waals surface area contributed by atoms with E-state index in [0.29, 0.717) is 10.7 Å². The summed E-state index contributed by atoms with van der Waals surface area (Å²) in [7, 11) is 0. The average Bonchev–Trinajstić information content (AvgIpc) is 2.15. The van der Waals surface area contributed by atoms with Crippen molar-refractivity contribution in [1.82, 2.24) is 0 Å². The summed E-state index contributed by atoms with van der Waals surface area (Å²) in [4.78, 5) is 12.0. The Bertz CT molecular complexity index is 362. The third-order valence-corrected chi connectivity index (χ3v) is 3.25. The van der Waals surface area contributed by atoms with Gasteiger partial charge in [0, 0.05) is 10.6 Å². The lowest BCUT2D eigenvalue weighted by Crippen LogP contribution is -2.13. The van der Waals surface area contributed by atoms with Crippen molar-refractivity contribution in [2.24, 2.45) is 0 Å². The van der Waals surface area contributed by atoms with E-state index in [2.05, 4.69) is 0 Å². The van der Waals surface area contributed by atoms with Gasteiger partial charge in [0.2, 0.25) is 0 Å². The minimum Gasteiger partial charge on any atom is -0.462 e. The number of ether oxygens (including phenoxy) is 1. The molecule has 2 N–H and O–H groups in total. The number of halogens is 1. The van der Waals surface area contributed by atoms with E-state index in [1.165, 1.54) is 11.8 Å². The molecule has 0 bridgehead atoms. The molecule has 0 aliphatic carbocycles. The molecule has 0 saturated heterocycles. The fraction of sp³-hybridized carbons (Fsp3) is 0.364. The van der Waals surface area contributed by atoms with Gasteiger partial charge in [-0.1, -0.05) is 17.7 Å². The number of rotatable bonds is 4. The molecule has 0 aliphatic rings. The summed E-state index contributed by atoms with van der Waals surface area (Å²) >= 11 is 7.26. The van der Waals surface area contributed by atoms with Crippen molar-refractivity contribution in [2.75, 3.05) is 11.5 Å². The number of anilines is 1. The van der Waals surface area contributed by atoms with Crippen molar-refractivity contribution in [3.63, 3.8) is 0 Å². The van der Waals surface area contributed by atoms with Crippen LogP contribution in [0.15, 0.2) is 23.1 Å². The molecule has 0 spiro atoms. The van der Waals surface area contributed by atoms with Gasteiger partial charge < -0.3 is 10.5 Å². The van der Waals surface area contributed by atoms with Gasteiger partial charge in [0.25, 0.3) is 0 Å². The van der Waals surface area contributed by atoms with Gasteiger partial charge in [-0.2, -0.15) is 0 Å². The third kappa shape index (κ3) is 3.94. The summed E-state index contributed by atoms with van der Waals surface area (Å²) < 4.78 is 5.01. The van der Waals surface area contributed by atoms with Crippen molar-refractivity contribution < 1.29 is 9.53 Å². The maximum absolute atomic E-state index is 11.3. The van der Waals surface area contributed by atoms with Crippen LogP contribution >= 0.6 is 23.4 Å². The van der Waals surface area contributed by atoms with Crippen LogP contribution in [0.4, 0.5) is 5.69 Å². The lowest BCUT2D eigenvalue weighted by molar-refractivity contribution is -0.144. The Hall–Kier alpha value is -0.870. The number of carbonyl (C=O) groups excluding carboxylic acids is 1. The van der Waals surface area contributed by atoms with E-state index in [1.54, 1.807) is 18.2 Å². The highest BCUT2D eigenvalue weighted by Gasteiger charge is 2.10. The standard InChI is InChI=1S/C11H14ClNO2S/c1-7(2)15-10(14)6-16-11-8(12)4-3-5-9(11)13/h3-5,7H,6,13H2,1-2H3. The second kappa shape index (κ2) is 6.01. The highest BCUT2D eigenvalue weighted by atomic mass is 35.5. The smallest absolute Gasteiger partial charge is 0.316 e. The molecule has 1 rings (SSSR count). The number of hydrogen-bond donors (Lipinski definition) is 1. The second-order valence-electron chi connectivity index (χ2n) is 3.49. The van der Waals surface area contributed by atoms with Gasteiger partial charge in [-0.25, -0.2) is 0 Å². The first kappa shape index (κ1) is 13.2. The number of nitrogens with two attached hydrogens (primary N) is 1. The molecule has 0 aliphatic heterocycles. The molecule has 16 heavy (non-hydrogen) atoms. The van der Waals surface area contributed by atoms with Crippen LogP contribution in [0.1, 0.15) is 13.8 Å². The summed E-state index contributed by atoms with van der Waals surface area (Å²) in [5.41, 5.74) is 6.33. The van der Waals surface area contributed by atoms with E-state index >= 15 is 0 Å². The summed E-state index contributed by atoms with van der Waals surface area (Å²) in [5, 5.41) is 0.558. The lowest BCUT2D eigenvalue weighted by atomic mass is 10.3. The second-order valence-corrected chi connectivity index (χ2v) is 4.88. The van der Waals surface area contributed by atoms with Crippen LogP contribution < -0.4 is 5.73 Å². The first-order valence-corrected chi connectivity index (χ1v) is 6.23. The first-order valence-electron chi connectivity index (χ1n) is 4.87. The van der Waals surface area contributed by atoms with Gasteiger partial charge >= 0.3 is 5.97 Å². The van der Waals surface area contributed by atoms with Crippen molar-refractivity contribution >= 4 is 35.0 Å². The minimum atomic E-state index is -0.265. The molecule has 0 aromatic heterocycles. The SMILES string of the molecule is CC(C)OC(=O)CSc1c(N)cccc1Cl. The maximum atomic E-state index is 11.3. The largest absolute Gasteiger partial charge is 0.462 e. The zero-order valence-corrected chi connectivity index (χ0v) is 10.8. The quantitative estimate of drug-likeness (QED) is 0.513. The molecule has 3 nitrogen and oxygen atoms in total. The number of hydrogen-bond acceptors (Lipinski definition) is 4. The van der Waals surface area contributed by atoms with E-state index in [0.717, 1.165) is 4.90 Å². The van der Waals surface area contributed by atoms with Gasteiger partial charge in [-0.3, -0.25) is 4.79 Å². The molecule has 0 radical (unpaired) electrons. The van der Waals surface area contributed by atoms with Gasteiger partial charge in [0.15, 0.2) is 0 Å². The zero-order chi connectivity index (χ0) is 12.1. The first-order chi connectivity index (χ1) is 7.50. The van der Waals surface area contributed by atoms with Crippen LogP contribution in [0.25, 0.3) is 0 Å². The fourth-order valence-corrected chi connectivity index (χ4v) is 2.22. The Kier molecular flexibility index (Phi) is 4.96. The Balaban J connectivity index is 2.58. The molecule has 0 atom stereocenters. The van der Waals surface area contributed by atoms with Crippen molar-refractivity contribution in [1.29, 1.82) is 0 Å². The van der Waals surface area contributed by atoms with Crippen molar-refractivity contribution in [3.05, 3.63) is 23.2 Å². The molecule has 1 aromatic rings. The third-order valence-electron chi connectivity index (χ3n) is 1.70. The lowest BCUT2D eigenvalue weighted by Gasteiger charge is -2.09. The van der Waals surface area contributed by atoms with E-state index in [-0.39, 0.29) is 17.8 Å². The van der Waals surface area contributed by atoms with Crippen LogP contribution in [0.3, 0.4) is 0 Å². The summed E-state index contributed by atoms with van der Waals surface area (Å²) in [6.07, 6.45) is -0.100. The van der Waals surface area contributed by atoms with Crippen LogP contribution in [-0.2, 0) is 9.53 Å². The average molecular weight is 260 g/mol. The number of carbonyl (C=O) groups is 1. The van der Waals surface area contributed by atoms with E-state index in [4.69, 9.17) is 22.1 Å². The summed E-state index contributed by atoms with van der Waals surface area (Å²) in [6, 6.07) is 5.27. The molecule has 88 valence electrons. The Morgan fingerprint density at radius 3 is 2.81 bits per heavy atom. The zero-order valence-electron chi connectivity index (χ0n) is 9.20. The molecule has 0 fully saturated rings. The van der Waals surface area contributed by atoms with Crippen LogP contribution in [0, 0.1) is 0 Å². The monoisotopic (exact) mass is 259 g/mol. The topological polar surface area (TPSA) is 52.3 Å². The highest BCUT2D eigenvalue weighted by molar-refractivity contribution is 8.00. The molecular formula is C11H14ClNO2S. The number of benzene rings is 1. The molecule has 1 aromatic carbocycles. The van der Waals surface area contributed by atoms with E-state index < -0.39 is 0 Å². The van der Waals surface area contributed by atoms with Gasteiger partial charge in [0.1, 0.15) is 0 Å². The van der Waals surface area contributed by atoms with Crippen LogP contribution in [0.2, 0.25) is 5.02 Å².